The van der Waals surface area contributed by atoms with Gasteiger partial charge in [0.2, 0.25) is 0 Å². The summed E-state index contributed by atoms with van der Waals surface area (Å²) < 4.78 is 0. The molecule has 7 heteroatoms. The highest BCUT2D eigenvalue weighted by atomic mass is 15.3. The van der Waals surface area contributed by atoms with E-state index < -0.39 is 0 Å². The van der Waals surface area contributed by atoms with Crippen LogP contribution in [0.25, 0.3) is 0 Å². The summed E-state index contributed by atoms with van der Waals surface area (Å²) in [5, 5.41) is 0. The lowest BCUT2D eigenvalue weighted by atomic mass is 10.2. The Labute approximate surface area is 129 Å². The Morgan fingerprint density at radius 2 is 1.77 bits per heavy atom. The number of hydrogen-bond acceptors (Lipinski definition) is 7. The third kappa shape index (κ3) is 3.10. The van der Waals surface area contributed by atoms with Gasteiger partial charge in [0, 0.05) is 32.7 Å². The normalized spacial score (nSPS) is 15.8. The predicted octanol–water partition coefficient (Wildman–Crippen LogP) is 0.667. The van der Waals surface area contributed by atoms with Crippen LogP contribution in [0, 0.1) is 0 Å². The van der Waals surface area contributed by atoms with Crippen molar-refractivity contribution in [3.63, 3.8) is 0 Å². The number of hydrazine groups is 1. The summed E-state index contributed by atoms with van der Waals surface area (Å²) in [6.07, 6.45) is 1.48. The topological polar surface area (TPSA) is 96.3 Å². The number of nitrogens with two attached hydrogens (primary N) is 2. The number of nitrogens with zero attached hydrogens (tertiary/aromatic N) is 4. The number of aromatic nitrogens is 2. The zero-order valence-corrected chi connectivity index (χ0v) is 12.4. The summed E-state index contributed by atoms with van der Waals surface area (Å²) in [7, 11) is 0. The van der Waals surface area contributed by atoms with Gasteiger partial charge in [-0.25, -0.2) is 15.8 Å². The highest BCUT2D eigenvalue weighted by Gasteiger charge is 2.21. The zero-order valence-electron chi connectivity index (χ0n) is 12.4. The standard InChI is InChI=1S/C15H21N7/c16-13-14(20-17)18-11-19-15(13)22-8-6-21(7-9-22)10-12-4-2-1-3-5-12/h1-5,11H,6-10,16-17H2,(H,18,19,20). The summed E-state index contributed by atoms with van der Waals surface area (Å²) in [5.41, 5.74) is 10.4. The van der Waals surface area contributed by atoms with Crippen molar-refractivity contribution in [2.45, 2.75) is 6.54 Å². The van der Waals surface area contributed by atoms with E-state index in [-0.39, 0.29) is 0 Å². The fourth-order valence-electron chi connectivity index (χ4n) is 2.71. The third-order valence-electron chi connectivity index (χ3n) is 3.92. The first-order chi connectivity index (χ1) is 10.8. The molecule has 1 saturated heterocycles. The first-order valence-electron chi connectivity index (χ1n) is 7.36. The van der Waals surface area contributed by atoms with Crippen LogP contribution < -0.4 is 21.9 Å². The molecule has 2 heterocycles. The van der Waals surface area contributed by atoms with E-state index in [1.807, 2.05) is 6.07 Å². The van der Waals surface area contributed by atoms with Crippen molar-refractivity contribution in [2.24, 2.45) is 5.84 Å². The van der Waals surface area contributed by atoms with E-state index in [2.05, 4.69) is 49.5 Å². The van der Waals surface area contributed by atoms with E-state index >= 15 is 0 Å². The second kappa shape index (κ2) is 6.59. The molecule has 22 heavy (non-hydrogen) atoms. The average Bonchev–Trinajstić information content (AvgIpc) is 2.57. The molecule has 0 amide bonds. The maximum absolute atomic E-state index is 6.06. The number of hydrogen-bond donors (Lipinski definition) is 3. The van der Waals surface area contributed by atoms with Crippen molar-refractivity contribution in [1.82, 2.24) is 14.9 Å². The van der Waals surface area contributed by atoms with Crippen molar-refractivity contribution < 1.29 is 0 Å². The van der Waals surface area contributed by atoms with Crippen molar-refractivity contribution >= 4 is 17.3 Å². The van der Waals surface area contributed by atoms with E-state index in [1.54, 1.807) is 0 Å². The minimum atomic E-state index is 0.469. The molecule has 0 unspecified atom stereocenters. The third-order valence-corrected chi connectivity index (χ3v) is 3.92. The van der Waals surface area contributed by atoms with Gasteiger partial charge in [0.05, 0.1) is 0 Å². The van der Waals surface area contributed by atoms with E-state index in [0.29, 0.717) is 11.5 Å². The monoisotopic (exact) mass is 299 g/mol. The van der Waals surface area contributed by atoms with E-state index in [9.17, 15) is 0 Å². The maximum atomic E-state index is 6.06. The molecular formula is C15H21N7. The largest absolute Gasteiger partial charge is 0.393 e. The zero-order chi connectivity index (χ0) is 15.4. The second-order valence-corrected chi connectivity index (χ2v) is 5.35. The highest BCUT2D eigenvalue weighted by Crippen LogP contribution is 2.26. The number of piperazine rings is 1. The second-order valence-electron chi connectivity index (χ2n) is 5.35. The summed E-state index contributed by atoms with van der Waals surface area (Å²) >= 11 is 0. The molecule has 2 aromatic rings. The summed E-state index contributed by atoms with van der Waals surface area (Å²) in [5.74, 6) is 6.63. The first-order valence-corrected chi connectivity index (χ1v) is 7.36. The van der Waals surface area contributed by atoms with E-state index in [1.165, 1.54) is 11.9 Å². The molecule has 0 saturated carbocycles. The Morgan fingerprint density at radius 1 is 1.05 bits per heavy atom. The molecule has 5 N–H and O–H groups in total. The number of nitrogens with one attached hydrogen (secondary N) is 1. The quantitative estimate of drug-likeness (QED) is 0.564. The van der Waals surface area contributed by atoms with Crippen LogP contribution in [0.4, 0.5) is 17.3 Å². The molecule has 0 spiro atoms. The number of anilines is 3. The maximum Gasteiger partial charge on any atom is 0.168 e. The van der Waals surface area contributed by atoms with Crippen LogP contribution in [-0.2, 0) is 6.54 Å². The van der Waals surface area contributed by atoms with Crippen molar-refractivity contribution in [2.75, 3.05) is 42.2 Å². The molecule has 116 valence electrons. The van der Waals surface area contributed by atoms with Gasteiger partial charge in [-0.3, -0.25) is 4.90 Å². The minimum Gasteiger partial charge on any atom is -0.393 e. The van der Waals surface area contributed by atoms with E-state index in [0.717, 1.165) is 38.5 Å². The molecule has 1 aliphatic heterocycles. The van der Waals surface area contributed by atoms with Gasteiger partial charge in [0.25, 0.3) is 0 Å². The van der Waals surface area contributed by atoms with Crippen molar-refractivity contribution in [1.29, 1.82) is 0 Å². The Bertz CT molecular complexity index is 609. The molecule has 1 fully saturated rings. The molecule has 1 aromatic heterocycles. The van der Waals surface area contributed by atoms with E-state index in [4.69, 9.17) is 11.6 Å². The van der Waals surface area contributed by atoms with Crippen LogP contribution in [-0.4, -0.2) is 41.0 Å². The Hall–Kier alpha value is -2.38. The van der Waals surface area contributed by atoms with Crippen LogP contribution in [0.3, 0.4) is 0 Å². The molecule has 7 nitrogen and oxygen atoms in total. The van der Waals surface area contributed by atoms with Crippen LogP contribution in [0.1, 0.15) is 5.56 Å². The number of rotatable bonds is 4. The van der Waals surface area contributed by atoms with Gasteiger partial charge in [-0.2, -0.15) is 0 Å². The van der Waals surface area contributed by atoms with Gasteiger partial charge in [0.1, 0.15) is 12.0 Å². The van der Waals surface area contributed by atoms with Crippen LogP contribution in [0.5, 0.6) is 0 Å². The lowest BCUT2D eigenvalue weighted by molar-refractivity contribution is 0.249. The number of benzene rings is 1. The lowest BCUT2D eigenvalue weighted by Gasteiger charge is -2.35. The highest BCUT2D eigenvalue weighted by molar-refractivity contribution is 5.74. The number of nitrogen functional groups attached to an aromatic ring is 2. The van der Waals surface area contributed by atoms with Crippen molar-refractivity contribution in [3.05, 3.63) is 42.2 Å². The molecule has 0 aliphatic carbocycles. The van der Waals surface area contributed by atoms with Crippen LogP contribution in [0.2, 0.25) is 0 Å². The molecule has 1 aromatic carbocycles. The Kier molecular flexibility index (Phi) is 4.36. The predicted molar refractivity (Wildman–Crippen MR) is 88.2 cm³/mol. The molecular weight excluding hydrogens is 278 g/mol. The Morgan fingerprint density at radius 3 is 2.45 bits per heavy atom. The smallest absolute Gasteiger partial charge is 0.168 e. The van der Waals surface area contributed by atoms with Crippen LogP contribution >= 0.6 is 0 Å². The molecule has 1 aliphatic rings. The van der Waals surface area contributed by atoms with Gasteiger partial charge in [-0.1, -0.05) is 30.3 Å². The lowest BCUT2D eigenvalue weighted by Crippen LogP contribution is -2.46. The average molecular weight is 299 g/mol. The minimum absolute atomic E-state index is 0.469. The van der Waals surface area contributed by atoms with Gasteiger partial charge in [-0.15, -0.1) is 0 Å². The van der Waals surface area contributed by atoms with Gasteiger partial charge >= 0.3 is 0 Å². The van der Waals surface area contributed by atoms with Gasteiger partial charge in [0.15, 0.2) is 11.6 Å². The first kappa shape index (κ1) is 14.6. The fraction of sp³-hybridized carbons (Fsp3) is 0.333. The molecule has 0 bridgehead atoms. The van der Waals surface area contributed by atoms with Crippen LogP contribution in [0.15, 0.2) is 36.7 Å². The fourth-order valence-corrected chi connectivity index (χ4v) is 2.71. The molecule has 0 radical (unpaired) electrons. The SMILES string of the molecule is NNc1ncnc(N2CCN(Cc3ccccc3)CC2)c1N. The van der Waals surface area contributed by atoms with Crippen molar-refractivity contribution in [3.8, 4) is 0 Å². The molecule has 0 atom stereocenters. The van der Waals surface area contributed by atoms with Gasteiger partial charge < -0.3 is 16.1 Å². The van der Waals surface area contributed by atoms with Gasteiger partial charge in [-0.05, 0) is 5.56 Å². The Balaban J connectivity index is 1.62. The molecule has 3 rings (SSSR count). The summed E-state index contributed by atoms with van der Waals surface area (Å²) in [4.78, 5) is 12.9. The summed E-state index contributed by atoms with van der Waals surface area (Å²) in [6.45, 7) is 4.70. The summed E-state index contributed by atoms with van der Waals surface area (Å²) in [6, 6.07) is 10.5.